The molecule has 84 valence electrons. The zero-order valence-electron chi connectivity index (χ0n) is 9.24. The predicted molar refractivity (Wildman–Crippen MR) is 54.8 cm³/mol. The van der Waals surface area contributed by atoms with Crippen LogP contribution in [0.5, 0.6) is 0 Å². The summed E-state index contributed by atoms with van der Waals surface area (Å²) in [4.78, 5) is 24.0. The van der Waals surface area contributed by atoms with Gasteiger partial charge in [-0.25, -0.2) is 9.69 Å². The summed E-state index contributed by atoms with van der Waals surface area (Å²) >= 11 is 0. The van der Waals surface area contributed by atoms with Gasteiger partial charge in [0.2, 0.25) is 0 Å². The first-order valence-electron chi connectivity index (χ1n) is 4.80. The summed E-state index contributed by atoms with van der Waals surface area (Å²) in [7, 11) is 0. The molecule has 0 fully saturated rings. The Labute approximate surface area is 88.9 Å². The highest BCUT2D eigenvalue weighted by molar-refractivity contribution is 5.99. The Balaban J connectivity index is 2.66. The number of carbonyl (C=O) groups excluding carboxylic acids is 2. The largest absolute Gasteiger partial charge is 0.443 e. The molecule has 5 nitrogen and oxygen atoms in total. The molecule has 2 N–H and O–H groups in total. The fourth-order valence-corrected chi connectivity index (χ4v) is 1.16. The summed E-state index contributed by atoms with van der Waals surface area (Å²) in [6, 6.07) is 0. The fourth-order valence-electron chi connectivity index (χ4n) is 1.16. The minimum absolute atomic E-state index is 0.288. The third-order valence-corrected chi connectivity index (χ3v) is 1.81. The second-order valence-corrected chi connectivity index (χ2v) is 4.44. The molecule has 1 rings (SSSR count). The van der Waals surface area contributed by atoms with Gasteiger partial charge in [0.15, 0.2) is 0 Å². The van der Waals surface area contributed by atoms with Crippen molar-refractivity contribution in [3.63, 3.8) is 0 Å². The molecule has 5 heteroatoms. The topological polar surface area (TPSA) is 72.6 Å². The molecule has 0 atom stereocenters. The Morgan fingerprint density at radius 3 is 2.60 bits per heavy atom. The van der Waals surface area contributed by atoms with Gasteiger partial charge < -0.3 is 10.5 Å². The summed E-state index contributed by atoms with van der Waals surface area (Å²) in [5, 5.41) is 0. The van der Waals surface area contributed by atoms with Crippen molar-refractivity contribution in [1.82, 2.24) is 4.90 Å². The van der Waals surface area contributed by atoms with Gasteiger partial charge in [-0.1, -0.05) is 0 Å². The highest BCUT2D eigenvalue weighted by Gasteiger charge is 2.28. The van der Waals surface area contributed by atoms with Gasteiger partial charge in [0.1, 0.15) is 5.60 Å². The van der Waals surface area contributed by atoms with Gasteiger partial charge in [0.25, 0.3) is 5.91 Å². The minimum atomic E-state index is -0.615. The number of nitrogens with zero attached hydrogens (tertiary/aromatic N) is 1. The Hall–Kier alpha value is -1.52. The van der Waals surface area contributed by atoms with Crippen molar-refractivity contribution in [3.05, 3.63) is 11.8 Å². The molecule has 0 saturated heterocycles. The van der Waals surface area contributed by atoms with Crippen molar-refractivity contribution >= 4 is 12.0 Å². The number of amides is 2. The molecular formula is C10H16N2O3. The van der Waals surface area contributed by atoms with Crippen molar-refractivity contribution in [3.8, 4) is 0 Å². The Morgan fingerprint density at radius 1 is 1.53 bits per heavy atom. The molecule has 1 heterocycles. The maximum absolute atomic E-state index is 11.5. The highest BCUT2D eigenvalue weighted by Crippen LogP contribution is 2.13. The van der Waals surface area contributed by atoms with E-state index in [1.807, 2.05) is 0 Å². The van der Waals surface area contributed by atoms with Crippen LogP contribution in [0.25, 0.3) is 0 Å². The molecule has 0 aromatic rings. The molecule has 0 radical (unpaired) electrons. The zero-order valence-corrected chi connectivity index (χ0v) is 9.24. The van der Waals surface area contributed by atoms with Crippen LogP contribution in [0.3, 0.4) is 0 Å². The number of rotatable bonds is 0. The van der Waals surface area contributed by atoms with Crippen LogP contribution in [0, 0.1) is 0 Å². The second kappa shape index (κ2) is 3.92. The molecule has 0 unspecified atom stereocenters. The van der Waals surface area contributed by atoms with Gasteiger partial charge in [-0.3, -0.25) is 4.79 Å². The lowest BCUT2D eigenvalue weighted by Gasteiger charge is -2.27. The van der Waals surface area contributed by atoms with Gasteiger partial charge in [-0.15, -0.1) is 0 Å². The van der Waals surface area contributed by atoms with E-state index in [4.69, 9.17) is 10.5 Å². The maximum atomic E-state index is 11.5. The number of ether oxygens (including phenoxy) is 1. The Kier molecular flexibility index (Phi) is 3.02. The number of imide groups is 1. The van der Waals surface area contributed by atoms with Crippen molar-refractivity contribution < 1.29 is 14.3 Å². The van der Waals surface area contributed by atoms with Crippen LogP contribution in [-0.4, -0.2) is 29.0 Å². The van der Waals surface area contributed by atoms with E-state index in [0.29, 0.717) is 12.1 Å². The summed E-state index contributed by atoms with van der Waals surface area (Å²) in [6.07, 6.45) is 1.15. The molecule has 1 aliphatic heterocycles. The minimum Gasteiger partial charge on any atom is -0.443 e. The Morgan fingerprint density at radius 2 is 2.13 bits per heavy atom. The fraction of sp³-hybridized carbons (Fsp3) is 0.600. The quantitative estimate of drug-likeness (QED) is 0.650. The van der Waals surface area contributed by atoms with Crippen molar-refractivity contribution in [2.75, 3.05) is 6.54 Å². The maximum Gasteiger partial charge on any atom is 0.417 e. The summed E-state index contributed by atoms with van der Waals surface area (Å²) in [6.45, 7) is 5.55. The van der Waals surface area contributed by atoms with Crippen LogP contribution in [0.4, 0.5) is 4.79 Å². The lowest BCUT2D eigenvalue weighted by atomic mass is 10.2. The first-order chi connectivity index (χ1) is 6.79. The van der Waals surface area contributed by atoms with Gasteiger partial charge in [-0.2, -0.15) is 0 Å². The summed E-state index contributed by atoms with van der Waals surface area (Å²) in [5.74, 6) is -0.409. The van der Waals surface area contributed by atoms with E-state index in [1.54, 1.807) is 20.8 Å². The number of hydrogen-bond donors (Lipinski definition) is 1. The van der Waals surface area contributed by atoms with E-state index in [9.17, 15) is 9.59 Å². The first kappa shape index (κ1) is 11.6. The molecule has 0 bridgehead atoms. The molecule has 15 heavy (non-hydrogen) atoms. The predicted octanol–water partition coefficient (Wildman–Crippen LogP) is 0.996. The van der Waals surface area contributed by atoms with Crippen molar-refractivity contribution in [2.45, 2.75) is 32.8 Å². The molecular weight excluding hydrogens is 196 g/mol. The van der Waals surface area contributed by atoms with Gasteiger partial charge >= 0.3 is 6.09 Å². The lowest BCUT2D eigenvalue weighted by molar-refractivity contribution is -0.125. The van der Waals surface area contributed by atoms with Crippen LogP contribution in [0.15, 0.2) is 11.8 Å². The third-order valence-electron chi connectivity index (χ3n) is 1.81. The van der Waals surface area contributed by atoms with E-state index >= 15 is 0 Å². The van der Waals surface area contributed by atoms with Gasteiger partial charge in [0, 0.05) is 24.7 Å². The zero-order chi connectivity index (χ0) is 11.6. The monoisotopic (exact) mass is 212 g/mol. The van der Waals surface area contributed by atoms with E-state index in [1.165, 1.54) is 6.08 Å². The molecule has 0 aliphatic carbocycles. The average Bonchev–Trinajstić information content (AvgIpc) is 1.99. The van der Waals surface area contributed by atoms with E-state index in [2.05, 4.69) is 0 Å². The molecule has 1 aliphatic rings. The van der Waals surface area contributed by atoms with E-state index in [-0.39, 0.29) is 6.54 Å². The number of nitrogens with two attached hydrogens (primary N) is 1. The van der Waals surface area contributed by atoms with Crippen LogP contribution in [-0.2, 0) is 9.53 Å². The molecule has 0 spiro atoms. The van der Waals surface area contributed by atoms with Crippen molar-refractivity contribution in [1.29, 1.82) is 0 Å². The first-order valence-corrected chi connectivity index (χ1v) is 4.80. The lowest BCUT2D eigenvalue weighted by Crippen LogP contribution is -2.43. The number of hydrogen-bond acceptors (Lipinski definition) is 4. The van der Waals surface area contributed by atoms with Crippen LogP contribution in [0.2, 0.25) is 0 Å². The van der Waals surface area contributed by atoms with Crippen LogP contribution < -0.4 is 5.73 Å². The highest BCUT2D eigenvalue weighted by atomic mass is 16.6. The van der Waals surface area contributed by atoms with E-state index in [0.717, 1.165) is 4.90 Å². The van der Waals surface area contributed by atoms with Crippen LogP contribution in [0.1, 0.15) is 27.2 Å². The van der Waals surface area contributed by atoms with Crippen molar-refractivity contribution in [2.24, 2.45) is 5.73 Å². The average molecular weight is 212 g/mol. The second-order valence-electron chi connectivity index (χ2n) is 4.44. The summed E-state index contributed by atoms with van der Waals surface area (Å²) < 4.78 is 5.08. The SMILES string of the molecule is CC(C)(C)OC(=O)N1CCC(N)=CC1=O. The molecule has 0 aromatic heterocycles. The standard InChI is InChI=1S/C10H16N2O3/c1-10(2,3)15-9(14)12-5-4-7(11)6-8(12)13/h6H,4-5,11H2,1-3H3. The molecule has 2 amide bonds. The van der Waals surface area contributed by atoms with Gasteiger partial charge in [-0.05, 0) is 20.8 Å². The smallest absolute Gasteiger partial charge is 0.417 e. The van der Waals surface area contributed by atoms with Gasteiger partial charge in [0.05, 0.1) is 0 Å². The molecule has 0 aromatic carbocycles. The van der Waals surface area contributed by atoms with Crippen LogP contribution >= 0.6 is 0 Å². The molecule has 0 saturated carbocycles. The number of carbonyl (C=O) groups is 2. The van der Waals surface area contributed by atoms with E-state index < -0.39 is 17.6 Å². The normalized spacial score (nSPS) is 17.4. The third kappa shape index (κ3) is 3.27. The summed E-state index contributed by atoms with van der Waals surface area (Å²) in [5.41, 5.74) is 5.38. The Bertz CT molecular complexity index is 315.